The monoisotopic (exact) mass is 612 g/mol. The minimum absolute atomic E-state index is 0.0996. The van der Waals surface area contributed by atoms with Crippen LogP contribution in [0, 0.1) is 11.7 Å². The van der Waals surface area contributed by atoms with Crippen molar-refractivity contribution in [3.05, 3.63) is 71.3 Å². The Balaban J connectivity index is 1.18. The zero-order chi connectivity index (χ0) is 31.4. The number of urea groups is 1. The summed E-state index contributed by atoms with van der Waals surface area (Å²) < 4.78 is 53.9. The van der Waals surface area contributed by atoms with Gasteiger partial charge in [0.1, 0.15) is 17.4 Å². The van der Waals surface area contributed by atoms with Crippen molar-refractivity contribution in [3.8, 4) is 0 Å². The first-order valence-electron chi connectivity index (χ1n) is 14.1. The normalized spacial score (nSPS) is 19.2. The molecule has 230 valence electrons. The van der Waals surface area contributed by atoms with Crippen molar-refractivity contribution in [2.24, 2.45) is 5.92 Å². The molecule has 1 N–H and O–H groups in total. The fourth-order valence-electron chi connectivity index (χ4n) is 6.07. The van der Waals surface area contributed by atoms with Gasteiger partial charge in [-0.2, -0.15) is 13.2 Å². The molecule has 3 fully saturated rings. The molecule has 44 heavy (non-hydrogen) atoms. The molecule has 1 spiro atoms. The molecule has 1 atom stereocenters. The van der Waals surface area contributed by atoms with E-state index >= 15 is 0 Å². The van der Waals surface area contributed by atoms with Crippen molar-refractivity contribution >= 4 is 34.8 Å². The summed E-state index contributed by atoms with van der Waals surface area (Å²) >= 11 is 0. The van der Waals surface area contributed by atoms with Gasteiger partial charge in [-0.05, 0) is 67.5 Å². The first-order valence-corrected chi connectivity index (χ1v) is 14.1. The van der Waals surface area contributed by atoms with Gasteiger partial charge in [-0.25, -0.2) is 9.18 Å². The molecule has 1 aromatic heterocycles. The van der Waals surface area contributed by atoms with Gasteiger partial charge in [0, 0.05) is 39.1 Å². The molecule has 1 saturated carbocycles. The number of nitrogens with zero attached hydrogens (tertiary/aromatic N) is 5. The number of carbonyl (C=O) groups excluding carboxylic acids is 4. The number of nitrogens with one attached hydrogen (secondary N) is 1. The lowest BCUT2D eigenvalue weighted by Crippen LogP contribution is -2.59. The van der Waals surface area contributed by atoms with Crippen molar-refractivity contribution < 1.29 is 36.7 Å². The van der Waals surface area contributed by atoms with Crippen LogP contribution in [0.25, 0.3) is 11.0 Å². The van der Waals surface area contributed by atoms with E-state index in [-0.39, 0.29) is 44.3 Å². The summed E-state index contributed by atoms with van der Waals surface area (Å²) in [4.78, 5) is 65.8. The Morgan fingerprint density at radius 1 is 1.02 bits per heavy atom. The molecule has 6 rings (SSSR count). The largest absolute Gasteiger partial charge is 0.416 e. The number of alkyl halides is 3. The molecule has 0 unspecified atom stereocenters. The fourth-order valence-corrected chi connectivity index (χ4v) is 6.07. The van der Waals surface area contributed by atoms with Crippen LogP contribution in [0.3, 0.4) is 0 Å². The van der Waals surface area contributed by atoms with E-state index in [0.717, 1.165) is 10.5 Å². The Morgan fingerprint density at radius 2 is 1.70 bits per heavy atom. The lowest BCUT2D eigenvalue weighted by atomic mass is 9.85. The van der Waals surface area contributed by atoms with Crippen molar-refractivity contribution in [2.45, 2.75) is 50.0 Å². The van der Waals surface area contributed by atoms with Crippen molar-refractivity contribution in [2.75, 3.05) is 20.1 Å². The Kier molecular flexibility index (Phi) is 7.25. The van der Waals surface area contributed by atoms with Crippen molar-refractivity contribution in [1.29, 1.82) is 0 Å². The Bertz CT molecular complexity index is 1670. The van der Waals surface area contributed by atoms with Gasteiger partial charge in [-0.1, -0.05) is 6.07 Å². The van der Waals surface area contributed by atoms with Gasteiger partial charge in [-0.15, -0.1) is 0 Å². The smallest absolute Gasteiger partial charge is 0.341 e. The number of amides is 5. The predicted molar refractivity (Wildman–Crippen MR) is 147 cm³/mol. The molecule has 5 amide bonds. The number of hydrogen-bond donors (Lipinski definition) is 1. The zero-order valence-corrected chi connectivity index (χ0v) is 23.6. The van der Waals surface area contributed by atoms with Crippen LogP contribution in [-0.4, -0.2) is 80.1 Å². The summed E-state index contributed by atoms with van der Waals surface area (Å²) in [6.07, 6.45) is -0.119. The SMILES string of the molecule is CN1C(=O)N(Cc2ccc3nccnc3c2)C2(CCN(C(=O)[C@H](NC(=O)c3cc(C(F)(F)F)ccc3F)C3CC3)CC2)C1=O. The molecule has 14 heteroatoms. The number of hydrogen-bond acceptors (Lipinski definition) is 6. The quantitative estimate of drug-likeness (QED) is 0.335. The number of rotatable bonds is 6. The third-order valence-electron chi connectivity index (χ3n) is 8.70. The van der Waals surface area contributed by atoms with Crippen LogP contribution in [0.15, 0.2) is 48.8 Å². The molecule has 10 nitrogen and oxygen atoms in total. The van der Waals surface area contributed by atoms with Gasteiger partial charge < -0.3 is 15.1 Å². The molecule has 3 heterocycles. The Labute approximate surface area is 249 Å². The van der Waals surface area contributed by atoms with Crippen LogP contribution < -0.4 is 5.32 Å². The number of imide groups is 1. The second kappa shape index (κ2) is 10.8. The van der Waals surface area contributed by atoms with Gasteiger partial charge in [0.25, 0.3) is 11.8 Å². The van der Waals surface area contributed by atoms with Gasteiger partial charge in [-0.3, -0.25) is 29.3 Å². The predicted octanol–water partition coefficient (Wildman–Crippen LogP) is 3.75. The van der Waals surface area contributed by atoms with Crippen LogP contribution in [0.1, 0.15) is 47.2 Å². The number of piperidine rings is 1. The third-order valence-corrected chi connectivity index (χ3v) is 8.70. The Hall–Kier alpha value is -4.62. The minimum Gasteiger partial charge on any atom is -0.341 e. The molecule has 2 saturated heterocycles. The molecule has 3 aromatic rings. The number of fused-ring (bicyclic) bond motifs is 1. The van der Waals surface area contributed by atoms with Crippen molar-refractivity contribution in [1.82, 2.24) is 30.0 Å². The number of likely N-dealkylation sites (tertiary alicyclic amines) is 1. The maximum atomic E-state index is 14.4. The first kappa shape index (κ1) is 29.5. The van der Waals surface area contributed by atoms with Crippen LogP contribution in [0.4, 0.5) is 22.4 Å². The van der Waals surface area contributed by atoms with E-state index in [1.807, 2.05) is 6.07 Å². The second-order valence-corrected chi connectivity index (χ2v) is 11.5. The van der Waals surface area contributed by atoms with E-state index in [1.165, 1.54) is 16.8 Å². The average Bonchev–Trinajstić information content (AvgIpc) is 3.84. The Morgan fingerprint density at radius 3 is 2.36 bits per heavy atom. The minimum atomic E-state index is -4.78. The van der Waals surface area contributed by atoms with Crippen LogP contribution in [0.5, 0.6) is 0 Å². The van der Waals surface area contributed by atoms with E-state index in [2.05, 4.69) is 15.3 Å². The third kappa shape index (κ3) is 5.22. The highest BCUT2D eigenvalue weighted by molar-refractivity contribution is 6.07. The lowest BCUT2D eigenvalue weighted by molar-refractivity contribution is -0.142. The fraction of sp³-hybridized carbons (Fsp3) is 0.400. The highest BCUT2D eigenvalue weighted by Crippen LogP contribution is 2.40. The van der Waals surface area contributed by atoms with E-state index in [4.69, 9.17) is 0 Å². The van der Waals surface area contributed by atoms with Crippen LogP contribution in [-0.2, 0) is 22.3 Å². The van der Waals surface area contributed by atoms with Crippen LogP contribution in [0.2, 0.25) is 0 Å². The molecule has 3 aliphatic rings. The summed E-state index contributed by atoms with van der Waals surface area (Å²) in [5, 5.41) is 2.46. The average molecular weight is 613 g/mol. The van der Waals surface area contributed by atoms with Gasteiger partial charge in [0.2, 0.25) is 5.91 Å². The number of carbonyl (C=O) groups is 4. The zero-order valence-electron chi connectivity index (χ0n) is 23.6. The molecule has 0 radical (unpaired) electrons. The molecule has 1 aliphatic carbocycles. The summed E-state index contributed by atoms with van der Waals surface area (Å²) in [5.41, 5.74) is -1.08. The second-order valence-electron chi connectivity index (χ2n) is 11.5. The maximum absolute atomic E-state index is 14.4. The standard InChI is InChI=1S/C30H28F4N6O4/c1-38-27(43)29(40(28(38)44)16-17-2-7-22-23(14-17)36-11-10-35-22)8-12-39(13-9-29)26(42)24(18-3-4-18)37-25(41)20-15-19(30(32,33)34)5-6-21(20)31/h2,5-7,10-11,14-15,18,24H,3-4,8-9,12-13,16H2,1H3,(H,37,41)/t24-/m1/s1. The topological polar surface area (TPSA) is 116 Å². The number of halogens is 4. The van der Waals surface area contributed by atoms with E-state index in [1.54, 1.807) is 24.5 Å². The number of aromatic nitrogens is 2. The molecule has 0 bridgehead atoms. The highest BCUT2D eigenvalue weighted by Gasteiger charge is 2.57. The summed E-state index contributed by atoms with van der Waals surface area (Å²) in [6, 6.07) is 5.43. The van der Waals surface area contributed by atoms with Gasteiger partial charge in [0.15, 0.2) is 0 Å². The lowest BCUT2D eigenvalue weighted by Gasteiger charge is -2.43. The maximum Gasteiger partial charge on any atom is 0.416 e. The van der Waals surface area contributed by atoms with Crippen LogP contribution >= 0.6 is 0 Å². The van der Waals surface area contributed by atoms with E-state index in [0.29, 0.717) is 42.1 Å². The number of benzene rings is 2. The van der Waals surface area contributed by atoms with E-state index < -0.39 is 52.5 Å². The molecule has 2 aliphatic heterocycles. The molecular weight excluding hydrogens is 584 g/mol. The highest BCUT2D eigenvalue weighted by atomic mass is 19.4. The van der Waals surface area contributed by atoms with Gasteiger partial charge in [0.05, 0.1) is 22.2 Å². The first-order chi connectivity index (χ1) is 20.9. The summed E-state index contributed by atoms with van der Waals surface area (Å²) in [5.74, 6) is -3.33. The summed E-state index contributed by atoms with van der Waals surface area (Å²) in [7, 11) is 1.42. The summed E-state index contributed by atoms with van der Waals surface area (Å²) in [6.45, 7) is 0.337. The molecular formula is C30H28F4N6O4. The van der Waals surface area contributed by atoms with Crippen molar-refractivity contribution in [3.63, 3.8) is 0 Å². The van der Waals surface area contributed by atoms with E-state index in [9.17, 15) is 36.7 Å². The number of likely N-dealkylation sites (N-methyl/N-ethyl adjacent to an activating group) is 1. The molecule has 2 aromatic carbocycles. The van der Waals surface area contributed by atoms with Gasteiger partial charge >= 0.3 is 12.2 Å².